The Bertz CT molecular complexity index is 592. The first-order valence-corrected chi connectivity index (χ1v) is 5.89. The minimum atomic E-state index is -5.89. The van der Waals surface area contributed by atoms with E-state index in [1.807, 2.05) is 0 Å². The second-order valence-electron chi connectivity index (χ2n) is 3.17. The molecule has 0 aliphatic carbocycles. The van der Waals surface area contributed by atoms with Gasteiger partial charge in [-0.15, -0.1) is 0 Å². The molecule has 1 rings (SSSR count). The van der Waals surface area contributed by atoms with Crippen molar-refractivity contribution in [2.75, 3.05) is 7.11 Å². The minimum absolute atomic E-state index is 0.200. The molecule has 0 unspecified atom stereocenters. The summed E-state index contributed by atoms with van der Waals surface area (Å²) in [5.74, 6) is -2.78. The molecule has 1 aromatic rings. The molecule has 0 aliphatic heterocycles. The van der Waals surface area contributed by atoms with Gasteiger partial charge in [-0.3, -0.25) is 0 Å². The lowest BCUT2D eigenvalue weighted by Crippen LogP contribution is -2.28. The third-order valence-electron chi connectivity index (χ3n) is 1.84. The summed E-state index contributed by atoms with van der Waals surface area (Å²) in [5.41, 5.74) is -6.22. The van der Waals surface area contributed by atoms with E-state index in [4.69, 9.17) is 0 Å². The van der Waals surface area contributed by atoms with E-state index in [1.54, 1.807) is 0 Å². The molecule has 0 atom stereocenters. The van der Waals surface area contributed by atoms with Gasteiger partial charge in [-0.05, 0) is 12.1 Å². The van der Waals surface area contributed by atoms with Crippen molar-refractivity contribution in [2.45, 2.75) is 5.51 Å². The SMILES string of the molecule is COc1cc(OS(=O)(=O)C(F)(F)F)cc(C(=O)[O-])c1. The molecular formula is C9H6F3O6S-. The number of carbonyl (C=O) groups is 1. The predicted octanol–water partition coefficient (Wildman–Crippen LogP) is 0.287. The zero-order valence-electron chi connectivity index (χ0n) is 9.22. The van der Waals surface area contributed by atoms with Gasteiger partial charge in [-0.2, -0.15) is 21.6 Å². The van der Waals surface area contributed by atoms with E-state index in [0.717, 1.165) is 19.2 Å². The summed E-state index contributed by atoms with van der Waals surface area (Å²) in [6.45, 7) is 0. The summed E-state index contributed by atoms with van der Waals surface area (Å²) in [7, 11) is -4.78. The van der Waals surface area contributed by atoms with Crippen molar-refractivity contribution in [3.05, 3.63) is 23.8 Å². The van der Waals surface area contributed by atoms with Crippen molar-refractivity contribution in [1.82, 2.24) is 0 Å². The molecule has 0 saturated carbocycles. The van der Waals surface area contributed by atoms with E-state index < -0.39 is 32.9 Å². The van der Waals surface area contributed by atoms with E-state index in [9.17, 15) is 31.5 Å². The molecule has 0 radical (unpaired) electrons. The Hall–Kier alpha value is -1.97. The fraction of sp³-hybridized carbons (Fsp3) is 0.222. The average molecular weight is 299 g/mol. The number of methoxy groups -OCH3 is 1. The highest BCUT2D eigenvalue weighted by Gasteiger charge is 2.48. The Morgan fingerprint density at radius 1 is 1.21 bits per heavy atom. The molecule has 10 heteroatoms. The fourth-order valence-corrected chi connectivity index (χ4v) is 1.47. The number of aromatic carboxylic acids is 1. The van der Waals surface area contributed by atoms with Crippen LogP contribution in [0.3, 0.4) is 0 Å². The van der Waals surface area contributed by atoms with Crippen LogP contribution in [0, 0.1) is 0 Å². The van der Waals surface area contributed by atoms with Crippen molar-refractivity contribution in [1.29, 1.82) is 0 Å². The molecule has 0 N–H and O–H groups in total. The largest absolute Gasteiger partial charge is 0.545 e. The summed E-state index contributed by atoms with van der Waals surface area (Å²) in [6, 6.07) is 2.29. The number of alkyl halides is 3. The van der Waals surface area contributed by atoms with Crippen LogP contribution in [0.25, 0.3) is 0 Å². The standard InChI is InChI=1S/C9H7F3O6S/c1-17-6-2-5(8(13)14)3-7(4-6)18-19(15,16)9(10,11)12/h2-4H,1H3,(H,13,14)/p-1. The molecule has 0 saturated heterocycles. The predicted molar refractivity (Wildman–Crippen MR) is 52.9 cm³/mol. The lowest BCUT2D eigenvalue weighted by molar-refractivity contribution is -0.255. The molecule has 0 amide bonds. The number of carboxylic acid groups (broad SMARTS) is 1. The third-order valence-corrected chi connectivity index (χ3v) is 2.82. The van der Waals surface area contributed by atoms with E-state index in [0.29, 0.717) is 6.07 Å². The lowest BCUT2D eigenvalue weighted by Gasteiger charge is -2.12. The van der Waals surface area contributed by atoms with Gasteiger partial charge in [-0.25, -0.2) is 0 Å². The van der Waals surface area contributed by atoms with Crippen molar-refractivity contribution < 1.29 is 40.4 Å². The van der Waals surface area contributed by atoms with E-state index in [1.165, 1.54) is 0 Å². The van der Waals surface area contributed by atoms with Gasteiger partial charge < -0.3 is 18.8 Å². The van der Waals surface area contributed by atoms with Crippen LogP contribution in [0.4, 0.5) is 13.2 Å². The summed E-state index contributed by atoms with van der Waals surface area (Å²) in [6.07, 6.45) is 0. The fourth-order valence-electron chi connectivity index (χ4n) is 1.03. The van der Waals surface area contributed by atoms with Gasteiger partial charge in [0, 0.05) is 11.6 Å². The van der Waals surface area contributed by atoms with Crippen LogP contribution in [0.5, 0.6) is 11.5 Å². The maximum absolute atomic E-state index is 12.1. The number of halogens is 3. The van der Waals surface area contributed by atoms with Crippen LogP contribution >= 0.6 is 0 Å². The van der Waals surface area contributed by atoms with Gasteiger partial charge in [-0.1, -0.05) is 0 Å². The van der Waals surface area contributed by atoms with Crippen LogP contribution in [0.15, 0.2) is 18.2 Å². The van der Waals surface area contributed by atoms with Gasteiger partial charge in [0.1, 0.15) is 11.5 Å². The summed E-state index contributed by atoms with van der Waals surface area (Å²) < 4.78 is 66.1. The van der Waals surface area contributed by atoms with Crippen molar-refractivity contribution in [2.24, 2.45) is 0 Å². The molecular weight excluding hydrogens is 293 g/mol. The van der Waals surface area contributed by atoms with Crippen LogP contribution in [0.2, 0.25) is 0 Å². The first-order valence-electron chi connectivity index (χ1n) is 4.48. The first-order chi connectivity index (χ1) is 8.56. The topological polar surface area (TPSA) is 92.7 Å². The van der Waals surface area contributed by atoms with Crippen molar-refractivity contribution in [3.63, 3.8) is 0 Å². The second kappa shape index (κ2) is 4.96. The highest BCUT2D eigenvalue weighted by Crippen LogP contribution is 2.29. The van der Waals surface area contributed by atoms with Crippen LogP contribution < -0.4 is 14.0 Å². The zero-order chi connectivity index (χ0) is 14.8. The number of carbonyl (C=O) groups excluding carboxylic acids is 1. The maximum Gasteiger partial charge on any atom is 0.534 e. The van der Waals surface area contributed by atoms with Crippen LogP contribution in [0.1, 0.15) is 10.4 Å². The highest BCUT2D eigenvalue weighted by molar-refractivity contribution is 7.88. The molecule has 0 aliphatic rings. The summed E-state index contributed by atoms with van der Waals surface area (Å²) in [4.78, 5) is 10.6. The molecule has 0 bridgehead atoms. The minimum Gasteiger partial charge on any atom is -0.545 e. The number of ether oxygens (including phenoxy) is 1. The molecule has 0 spiro atoms. The summed E-state index contributed by atoms with van der Waals surface area (Å²) >= 11 is 0. The number of benzene rings is 1. The Balaban J connectivity index is 3.22. The molecule has 6 nitrogen and oxygen atoms in total. The number of carboxylic acids is 1. The molecule has 19 heavy (non-hydrogen) atoms. The van der Waals surface area contributed by atoms with E-state index >= 15 is 0 Å². The Labute approximate surface area is 105 Å². The lowest BCUT2D eigenvalue weighted by atomic mass is 10.2. The quantitative estimate of drug-likeness (QED) is 0.586. The van der Waals surface area contributed by atoms with E-state index in [2.05, 4.69) is 8.92 Å². The number of hydrogen-bond donors (Lipinski definition) is 0. The van der Waals surface area contributed by atoms with Gasteiger partial charge in [0.2, 0.25) is 0 Å². The monoisotopic (exact) mass is 299 g/mol. The van der Waals surface area contributed by atoms with Gasteiger partial charge in [0.25, 0.3) is 0 Å². The Morgan fingerprint density at radius 2 is 1.74 bits per heavy atom. The van der Waals surface area contributed by atoms with Gasteiger partial charge in [0.15, 0.2) is 0 Å². The third kappa shape index (κ3) is 3.50. The van der Waals surface area contributed by atoms with Gasteiger partial charge >= 0.3 is 15.6 Å². The van der Waals surface area contributed by atoms with Crippen LogP contribution in [-0.2, 0) is 10.1 Å². The van der Waals surface area contributed by atoms with Crippen LogP contribution in [-0.4, -0.2) is 27.0 Å². The maximum atomic E-state index is 12.1. The number of hydrogen-bond acceptors (Lipinski definition) is 6. The molecule has 0 fully saturated rings. The molecule has 0 heterocycles. The molecule has 0 aromatic heterocycles. The van der Waals surface area contributed by atoms with Crippen molar-refractivity contribution >= 4 is 16.1 Å². The Morgan fingerprint density at radius 3 is 2.16 bits per heavy atom. The van der Waals surface area contributed by atoms with Crippen molar-refractivity contribution in [3.8, 4) is 11.5 Å². The van der Waals surface area contributed by atoms with E-state index in [-0.39, 0.29) is 5.75 Å². The van der Waals surface area contributed by atoms with Gasteiger partial charge in [0.05, 0.1) is 13.1 Å². The average Bonchev–Trinajstić information content (AvgIpc) is 2.26. The zero-order valence-corrected chi connectivity index (χ0v) is 10.0. The summed E-state index contributed by atoms with van der Waals surface area (Å²) in [5, 5.41) is 10.6. The first kappa shape index (κ1) is 15.1. The smallest absolute Gasteiger partial charge is 0.534 e. The molecule has 106 valence electrons. The molecule has 1 aromatic carbocycles. The Kier molecular flexibility index (Phi) is 3.94. The highest BCUT2D eigenvalue weighted by atomic mass is 32.2. The number of rotatable bonds is 4. The normalized spacial score (nSPS) is 12.0. The second-order valence-corrected chi connectivity index (χ2v) is 4.71.